The number of imidazole rings is 1. The highest BCUT2D eigenvalue weighted by molar-refractivity contribution is 6.33. The first-order valence-electron chi connectivity index (χ1n) is 12.4. The third-order valence-corrected chi connectivity index (χ3v) is 6.81. The molecule has 0 bridgehead atoms. The maximum Gasteiger partial charge on any atom is 0.224 e. The van der Waals surface area contributed by atoms with Crippen molar-refractivity contribution < 1.29 is 9.18 Å². The maximum absolute atomic E-state index is 14.9. The van der Waals surface area contributed by atoms with Crippen molar-refractivity contribution in [2.24, 2.45) is 5.73 Å². The minimum Gasteiger partial charge on any atom is -0.370 e. The van der Waals surface area contributed by atoms with E-state index >= 15 is 0 Å². The summed E-state index contributed by atoms with van der Waals surface area (Å²) in [7, 11) is 0. The monoisotopic (exact) mass is 512 g/mol. The van der Waals surface area contributed by atoms with Gasteiger partial charge in [-0.25, -0.2) is 14.4 Å². The number of hydrogen-bond donors (Lipinski definition) is 3. The molecule has 0 spiro atoms. The average molecular weight is 513 g/mol. The molecule has 4 N–H and O–H groups in total. The summed E-state index contributed by atoms with van der Waals surface area (Å²) in [5.74, 6) is -0.230. The van der Waals surface area contributed by atoms with Crippen molar-refractivity contribution in [3.63, 3.8) is 0 Å². The van der Waals surface area contributed by atoms with Crippen molar-refractivity contribution in [3.8, 4) is 6.07 Å². The van der Waals surface area contributed by atoms with Crippen molar-refractivity contribution in [2.45, 2.75) is 76.8 Å². The summed E-state index contributed by atoms with van der Waals surface area (Å²) in [6.07, 6.45) is 9.43. The standard InChI is InChI=1S/C25H30ClFN8O/c1-2-3-8-17(9-10-21(29)36)35-23-20(14-30-24(34-23)31-16-6-4-5-7-16)32-25(35)33-22-18(26)11-15(13-28)12-19(22)27/h11-12,14,16-17H,2-10H2,1H3,(H2,29,36)(H,32,33)(H,30,31,34)/t17-/m0/s1. The Morgan fingerprint density at radius 2 is 2.11 bits per heavy atom. The number of benzene rings is 1. The molecule has 0 radical (unpaired) electrons. The SMILES string of the molecule is CCCC[C@@H](CCC(N)=O)n1c(Nc2c(F)cc(C#N)cc2Cl)nc2cnc(NC3CCCC3)nc21. The fraction of sp³-hybridized carbons (Fsp3) is 0.480. The molecule has 1 atom stereocenters. The number of nitrogens with zero attached hydrogens (tertiary/aromatic N) is 5. The molecule has 1 saturated carbocycles. The largest absolute Gasteiger partial charge is 0.370 e. The molecule has 2 aromatic heterocycles. The van der Waals surface area contributed by atoms with Gasteiger partial charge in [0.15, 0.2) is 5.65 Å². The number of aromatic nitrogens is 4. The van der Waals surface area contributed by atoms with E-state index in [0.717, 1.165) is 38.2 Å². The van der Waals surface area contributed by atoms with E-state index in [-0.39, 0.29) is 28.7 Å². The van der Waals surface area contributed by atoms with Crippen molar-refractivity contribution in [1.29, 1.82) is 5.26 Å². The Labute approximate surface area is 214 Å². The van der Waals surface area contributed by atoms with E-state index in [9.17, 15) is 9.18 Å². The lowest BCUT2D eigenvalue weighted by Crippen LogP contribution is -2.19. The van der Waals surface area contributed by atoms with Crippen molar-refractivity contribution in [2.75, 3.05) is 10.6 Å². The second kappa shape index (κ2) is 11.5. The molecule has 2 heterocycles. The van der Waals surface area contributed by atoms with Crippen LogP contribution in [0.3, 0.4) is 0 Å². The second-order valence-corrected chi connectivity index (χ2v) is 9.59. The van der Waals surface area contributed by atoms with Crippen molar-refractivity contribution in [3.05, 3.63) is 34.7 Å². The first-order valence-corrected chi connectivity index (χ1v) is 12.7. The first-order chi connectivity index (χ1) is 17.4. The lowest BCUT2D eigenvalue weighted by molar-refractivity contribution is -0.118. The number of nitrogens with two attached hydrogens (primary N) is 1. The van der Waals surface area contributed by atoms with Gasteiger partial charge < -0.3 is 16.4 Å². The smallest absolute Gasteiger partial charge is 0.224 e. The topological polar surface area (TPSA) is 135 Å². The number of hydrogen-bond acceptors (Lipinski definition) is 7. The number of anilines is 3. The quantitative estimate of drug-likeness (QED) is 0.305. The Hall–Kier alpha value is -3.45. The zero-order valence-corrected chi connectivity index (χ0v) is 21.0. The summed E-state index contributed by atoms with van der Waals surface area (Å²) < 4.78 is 16.8. The molecule has 190 valence electrons. The summed E-state index contributed by atoms with van der Waals surface area (Å²) in [4.78, 5) is 25.5. The van der Waals surface area contributed by atoms with Gasteiger partial charge in [0.05, 0.1) is 28.5 Å². The Bertz CT molecular complexity index is 1260. The fourth-order valence-corrected chi connectivity index (χ4v) is 4.92. The van der Waals surface area contributed by atoms with Gasteiger partial charge >= 0.3 is 0 Å². The molecule has 0 aliphatic heterocycles. The molecule has 36 heavy (non-hydrogen) atoms. The van der Waals surface area contributed by atoms with Crippen LogP contribution in [-0.2, 0) is 4.79 Å². The molecular formula is C25H30ClFN8O. The first kappa shape index (κ1) is 25.6. The molecule has 1 aliphatic carbocycles. The number of primary amides is 1. The van der Waals surface area contributed by atoms with Gasteiger partial charge in [0.2, 0.25) is 17.8 Å². The Kier molecular flexibility index (Phi) is 8.21. The van der Waals surface area contributed by atoms with Crippen LogP contribution in [0.2, 0.25) is 5.02 Å². The molecule has 1 fully saturated rings. The van der Waals surface area contributed by atoms with E-state index < -0.39 is 11.7 Å². The number of halogens is 2. The normalized spacial score (nSPS) is 14.6. The zero-order chi connectivity index (χ0) is 25.7. The number of unbranched alkanes of at least 4 members (excludes halogenated alkanes) is 1. The van der Waals surface area contributed by atoms with E-state index in [4.69, 9.17) is 27.6 Å². The highest BCUT2D eigenvalue weighted by Crippen LogP contribution is 2.35. The van der Waals surface area contributed by atoms with Crippen LogP contribution in [0.1, 0.15) is 76.3 Å². The van der Waals surface area contributed by atoms with Crippen LogP contribution >= 0.6 is 11.6 Å². The lowest BCUT2D eigenvalue weighted by Gasteiger charge is -2.22. The predicted molar refractivity (Wildman–Crippen MR) is 138 cm³/mol. The minimum absolute atomic E-state index is 0.00799. The third-order valence-electron chi connectivity index (χ3n) is 6.51. The summed E-state index contributed by atoms with van der Waals surface area (Å²) in [5.41, 5.74) is 6.70. The van der Waals surface area contributed by atoms with Crippen molar-refractivity contribution in [1.82, 2.24) is 19.5 Å². The number of fused-ring (bicyclic) bond motifs is 1. The van der Waals surface area contributed by atoms with E-state index in [2.05, 4.69) is 27.5 Å². The number of amides is 1. The van der Waals surface area contributed by atoms with Gasteiger partial charge in [-0.1, -0.05) is 44.2 Å². The molecule has 9 nitrogen and oxygen atoms in total. The Morgan fingerprint density at radius 3 is 2.78 bits per heavy atom. The number of rotatable bonds is 11. The average Bonchev–Trinajstić information content (AvgIpc) is 3.49. The van der Waals surface area contributed by atoms with Crippen LogP contribution in [0.25, 0.3) is 11.2 Å². The maximum atomic E-state index is 14.9. The second-order valence-electron chi connectivity index (χ2n) is 9.19. The highest BCUT2D eigenvalue weighted by atomic mass is 35.5. The van der Waals surface area contributed by atoms with Crippen LogP contribution in [0.4, 0.5) is 22.0 Å². The van der Waals surface area contributed by atoms with Crippen LogP contribution in [0.15, 0.2) is 18.3 Å². The Balaban J connectivity index is 1.79. The van der Waals surface area contributed by atoms with Crippen LogP contribution in [0, 0.1) is 17.1 Å². The Morgan fingerprint density at radius 1 is 1.33 bits per heavy atom. The zero-order valence-electron chi connectivity index (χ0n) is 20.2. The molecule has 1 amide bonds. The lowest BCUT2D eigenvalue weighted by atomic mass is 10.0. The highest BCUT2D eigenvalue weighted by Gasteiger charge is 2.24. The molecule has 4 rings (SSSR count). The van der Waals surface area contributed by atoms with E-state index in [1.807, 2.05) is 10.6 Å². The number of nitriles is 1. The summed E-state index contributed by atoms with van der Waals surface area (Å²) in [6, 6.07) is 4.57. The molecule has 3 aromatic rings. The predicted octanol–water partition coefficient (Wildman–Crippen LogP) is 5.59. The van der Waals surface area contributed by atoms with Gasteiger partial charge in [-0.3, -0.25) is 9.36 Å². The van der Waals surface area contributed by atoms with Crippen LogP contribution in [0.5, 0.6) is 0 Å². The number of carbonyl (C=O) groups is 1. The van der Waals surface area contributed by atoms with E-state index in [1.165, 1.54) is 18.9 Å². The van der Waals surface area contributed by atoms with Crippen molar-refractivity contribution >= 4 is 46.3 Å². The fourth-order valence-electron chi connectivity index (χ4n) is 4.67. The minimum atomic E-state index is -0.672. The van der Waals surface area contributed by atoms with E-state index in [1.54, 1.807) is 6.20 Å². The molecule has 1 aliphatic rings. The molecule has 0 unspecified atom stereocenters. The van der Waals surface area contributed by atoms with Gasteiger partial charge in [0.1, 0.15) is 11.3 Å². The molecule has 11 heteroatoms. The van der Waals surface area contributed by atoms with Gasteiger partial charge in [-0.05, 0) is 37.8 Å². The van der Waals surface area contributed by atoms with Gasteiger partial charge in [-0.2, -0.15) is 10.2 Å². The van der Waals surface area contributed by atoms with Gasteiger partial charge in [0, 0.05) is 18.5 Å². The van der Waals surface area contributed by atoms with Crippen LogP contribution < -0.4 is 16.4 Å². The summed E-state index contributed by atoms with van der Waals surface area (Å²) >= 11 is 6.31. The van der Waals surface area contributed by atoms with Gasteiger partial charge in [-0.15, -0.1) is 0 Å². The summed E-state index contributed by atoms with van der Waals surface area (Å²) in [5, 5.41) is 15.6. The third kappa shape index (κ3) is 5.85. The molecule has 1 aromatic carbocycles. The summed E-state index contributed by atoms with van der Waals surface area (Å²) in [6.45, 7) is 2.09. The van der Waals surface area contributed by atoms with Crippen LogP contribution in [-0.4, -0.2) is 31.5 Å². The molecular weight excluding hydrogens is 483 g/mol. The number of nitrogens with one attached hydrogen (secondary N) is 2. The van der Waals surface area contributed by atoms with E-state index in [0.29, 0.717) is 35.5 Å². The number of carbonyl (C=O) groups excluding carboxylic acids is 1. The molecule has 0 saturated heterocycles. The van der Waals surface area contributed by atoms with Gasteiger partial charge in [0.25, 0.3) is 0 Å².